The number of rotatable bonds is 4. The predicted octanol–water partition coefficient (Wildman–Crippen LogP) is 5.11. The topological polar surface area (TPSA) is 97.1 Å². The van der Waals surface area contributed by atoms with E-state index in [1.165, 1.54) is 0 Å². The number of aryl methyl sites for hydroxylation is 2. The van der Waals surface area contributed by atoms with E-state index < -0.39 is 0 Å². The summed E-state index contributed by atoms with van der Waals surface area (Å²) in [5.74, 6) is 0.564. The Morgan fingerprint density at radius 2 is 1.76 bits per heavy atom. The van der Waals surface area contributed by atoms with Gasteiger partial charge in [0.05, 0.1) is 5.69 Å². The van der Waals surface area contributed by atoms with Crippen molar-refractivity contribution in [1.29, 1.82) is 0 Å². The molecule has 2 aromatic carbocycles. The highest BCUT2D eigenvalue weighted by Crippen LogP contribution is 2.23. The van der Waals surface area contributed by atoms with Gasteiger partial charge in [-0.25, -0.2) is 4.79 Å². The van der Waals surface area contributed by atoms with Crippen molar-refractivity contribution in [2.75, 3.05) is 10.6 Å². The van der Waals surface area contributed by atoms with Crippen molar-refractivity contribution in [3.05, 3.63) is 90.1 Å². The van der Waals surface area contributed by atoms with E-state index in [9.17, 15) is 4.79 Å². The Morgan fingerprint density at radius 3 is 2.58 bits per heavy atom. The SMILES string of the molecule is Cc1ccc(NC(=O)Nc2cccc(-c3ccc4nnc(-c5ccccn5)n4n3)c2)c(C)c1. The van der Waals surface area contributed by atoms with Gasteiger partial charge in [-0.15, -0.1) is 10.2 Å². The van der Waals surface area contributed by atoms with Crippen LogP contribution in [0.4, 0.5) is 16.2 Å². The number of carbonyl (C=O) groups is 1. The number of benzene rings is 2. The zero-order valence-electron chi connectivity index (χ0n) is 18.1. The molecule has 0 saturated heterocycles. The summed E-state index contributed by atoms with van der Waals surface area (Å²) in [4.78, 5) is 16.9. The molecule has 0 unspecified atom stereocenters. The lowest BCUT2D eigenvalue weighted by molar-refractivity contribution is 0.262. The average molecular weight is 435 g/mol. The standard InChI is InChI=1S/C25H21N7O/c1-16-9-10-20(17(2)14-16)28-25(33)27-19-7-5-6-18(15-19)21-11-12-23-29-30-24(32(23)31-21)22-8-3-4-13-26-22/h3-15H,1-2H3,(H2,27,28,33). The molecule has 162 valence electrons. The molecule has 2 N–H and O–H groups in total. The van der Waals surface area contributed by atoms with Gasteiger partial charge < -0.3 is 10.6 Å². The largest absolute Gasteiger partial charge is 0.323 e. The van der Waals surface area contributed by atoms with Crippen LogP contribution in [0.2, 0.25) is 0 Å². The maximum absolute atomic E-state index is 12.5. The van der Waals surface area contributed by atoms with Gasteiger partial charge in [0.1, 0.15) is 5.69 Å². The summed E-state index contributed by atoms with van der Waals surface area (Å²) in [6.07, 6.45) is 1.71. The zero-order chi connectivity index (χ0) is 22.8. The normalized spacial score (nSPS) is 10.8. The number of hydrogen-bond acceptors (Lipinski definition) is 5. The first-order chi connectivity index (χ1) is 16.1. The Balaban J connectivity index is 1.40. The molecule has 0 saturated carbocycles. The molecule has 0 atom stereocenters. The van der Waals surface area contributed by atoms with Crippen molar-refractivity contribution in [2.45, 2.75) is 13.8 Å². The minimum atomic E-state index is -0.307. The average Bonchev–Trinajstić information content (AvgIpc) is 3.25. The number of anilines is 2. The van der Waals surface area contributed by atoms with Gasteiger partial charge in [0.15, 0.2) is 5.65 Å². The fraction of sp³-hybridized carbons (Fsp3) is 0.0800. The molecule has 8 heteroatoms. The van der Waals surface area contributed by atoms with Crippen LogP contribution >= 0.6 is 0 Å². The minimum absolute atomic E-state index is 0.307. The van der Waals surface area contributed by atoms with E-state index in [2.05, 4.69) is 25.8 Å². The number of hydrogen-bond donors (Lipinski definition) is 2. The van der Waals surface area contributed by atoms with E-state index in [-0.39, 0.29) is 6.03 Å². The summed E-state index contributed by atoms with van der Waals surface area (Å²) in [6, 6.07) is 22.5. The van der Waals surface area contributed by atoms with Gasteiger partial charge >= 0.3 is 6.03 Å². The van der Waals surface area contributed by atoms with E-state index in [4.69, 9.17) is 5.10 Å². The van der Waals surface area contributed by atoms with E-state index in [0.29, 0.717) is 22.9 Å². The van der Waals surface area contributed by atoms with Crippen LogP contribution in [0, 0.1) is 13.8 Å². The lowest BCUT2D eigenvalue weighted by Crippen LogP contribution is -2.20. The number of nitrogens with zero attached hydrogens (tertiary/aromatic N) is 5. The lowest BCUT2D eigenvalue weighted by Gasteiger charge is -2.11. The van der Waals surface area contributed by atoms with Crippen LogP contribution in [0.15, 0.2) is 79.0 Å². The van der Waals surface area contributed by atoms with Crippen molar-refractivity contribution < 1.29 is 4.79 Å². The monoisotopic (exact) mass is 435 g/mol. The highest BCUT2D eigenvalue weighted by atomic mass is 16.2. The smallest absolute Gasteiger partial charge is 0.308 e. The van der Waals surface area contributed by atoms with E-state index in [1.807, 2.05) is 86.6 Å². The molecule has 2 amide bonds. The molecule has 0 fully saturated rings. The second-order valence-electron chi connectivity index (χ2n) is 7.71. The number of fused-ring (bicyclic) bond motifs is 1. The molecule has 0 spiro atoms. The van der Waals surface area contributed by atoms with Crippen LogP contribution in [0.25, 0.3) is 28.4 Å². The van der Waals surface area contributed by atoms with E-state index in [1.54, 1.807) is 10.7 Å². The Morgan fingerprint density at radius 1 is 0.848 bits per heavy atom. The number of nitrogens with one attached hydrogen (secondary N) is 2. The molecular formula is C25H21N7O. The van der Waals surface area contributed by atoms with Gasteiger partial charge in [-0.3, -0.25) is 4.98 Å². The number of aromatic nitrogens is 5. The Hall–Kier alpha value is -4.59. The molecule has 3 aromatic heterocycles. The first-order valence-corrected chi connectivity index (χ1v) is 10.5. The Kier molecular flexibility index (Phi) is 5.24. The highest BCUT2D eigenvalue weighted by molar-refractivity contribution is 6.00. The second kappa shape index (κ2) is 8.51. The third kappa shape index (κ3) is 4.27. The van der Waals surface area contributed by atoms with Crippen molar-refractivity contribution in [1.82, 2.24) is 24.8 Å². The van der Waals surface area contributed by atoms with Crippen LogP contribution in [-0.4, -0.2) is 30.8 Å². The minimum Gasteiger partial charge on any atom is -0.308 e. The molecule has 5 aromatic rings. The summed E-state index contributed by atoms with van der Waals surface area (Å²) in [5, 5.41) is 18.9. The Bertz CT molecular complexity index is 1460. The summed E-state index contributed by atoms with van der Waals surface area (Å²) in [6.45, 7) is 3.99. The van der Waals surface area contributed by atoms with Crippen molar-refractivity contribution in [2.24, 2.45) is 0 Å². The van der Waals surface area contributed by atoms with Crippen LogP contribution < -0.4 is 10.6 Å². The van der Waals surface area contributed by atoms with Gasteiger partial charge in [-0.1, -0.05) is 35.9 Å². The van der Waals surface area contributed by atoms with Crippen LogP contribution in [-0.2, 0) is 0 Å². The summed E-state index contributed by atoms with van der Waals surface area (Å²) in [7, 11) is 0. The van der Waals surface area contributed by atoms with Crippen molar-refractivity contribution in [3.63, 3.8) is 0 Å². The van der Waals surface area contributed by atoms with Gasteiger partial charge in [0.25, 0.3) is 0 Å². The third-order valence-electron chi connectivity index (χ3n) is 5.20. The predicted molar refractivity (Wildman–Crippen MR) is 128 cm³/mol. The molecule has 33 heavy (non-hydrogen) atoms. The summed E-state index contributed by atoms with van der Waals surface area (Å²) in [5.41, 5.74) is 6.47. The van der Waals surface area contributed by atoms with Crippen LogP contribution in [0.3, 0.4) is 0 Å². The Labute approximate surface area is 190 Å². The van der Waals surface area contributed by atoms with Crippen molar-refractivity contribution in [3.8, 4) is 22.8 Å². The molecule has 0 bridgehead atoms. The fourth-order valence-corrected chi connectivity index (χ4v) is 3.59. The first kappa shape index (κ1) is 20.3. The third-order valence-corrected chi connectivity index (χ3v) is 5.20. The molecule has 5 rings (SSSR count). The highest BCUT2D eigenvalue weighted by Gasteiger charge is 2.12. The van der Waals surface area contributed by atoms with E-state index >= 15 is 0 Å². The fourth-order valence-electron chi connectivity index (χ4n) is 3.59. The maximum Gasteiger partial charge on any atom is 0.323 e. The number of urea groups is 1. The van der Waals surface area contributed by atoms with Crippen LogP contribution in [0.1, 0.15) is 11.1 Å². The number of carbonyl (C=O) groups excluding carboxylic acids is 1. The quantitative estimate of drug-likeness (QED) is 0.409. The van der Waals surface area contributed by atoms with Gasteiger partial charge in [0, 0.05) is 23.1 Å². The van der Waals surface area contributed by atoms with Crippen LogP contribution in [0.5, 0.6) is 0 Å². The number of pyridine rings is 1. The maximum atomic E-state index is 12.5. The van der Waals surface area contributed by atoms with Gasteiger partial charge in [0.2, 0.25) is 5.82 Å². The summed E-state index contributed by atoms with van der Waals surface area (Å²) >= 11 is 0. The number of amides is 2. The molecule has 0 aliphatic carbocycles. The molecule has 3 heterocycles. The van der Waals surface area contributed by atoms with Crippen molar-refractivity contribution >= 4 is 23.1 Å². The molecule has 8 nitrogen and oxygen atoms in total. The lowest BCUT2D eigenvalue weighted by atomic mass is 10.1. The molecular weight excluding hydrogens is 414 g/mol. The molecule has 0 aliphatic rings. The zero-order valence-corrected chi connectivity index (χ0v) is 18.1. The van der Waals surface area contributed by atoms with Gasteiger partial charge in [-0.05, 0) is 61.9 Å². The van der Waals surface area contributed by atoms with E-state index in [0.717, 1.165) is 28.1 Å². The summed E-state index contributed by atoms with van der Waals surface area (Å²) < 4.78 is 1.67. The van der Waals surface area contributed by atoms with Gasteiger partial charge in [-0.2, -0.15) is 9.61 Å². The molecule has 0 radical (unpaired) electrons. The second-order valence-corrected chi connectivity index (χ2v) is 7.71. The molecule has 0 aliphatic heterocycles. The first-order valence-electron chi connectivity index (χ1n) is 10.5.